The molecule has 6 heteroatoms. The summed E-state index contributed by atoms with van der Waals surface area (Å²) in [4.78, 5) is 23.6. The van der Waals surface area contributed by atoms with Gasteiger partial charge in [0.2, 0.25) is 0 Å². The molecular weight excluding hydrogens is 270 g/mol. The quantitative estimate of drug-likeness (QED) is 0.742. The number of carbonyl (C=O) groups is 2. The van der Waals surface area contributed by atoms with Gasteiger partial charge in [-0.05, 0) is 44.5 Å². The minimum absolute atomic E-state index is 0.392. The van der Waals surface area contributed by atoms with Crippen molar-refractivity contribution < 1.29 is 14.0 Å². The Bertz CT molecular complexity index is 677. The third-order valence-electron chi connectivity index (χ3n) is 2.85. The molecule has 1 heterocycles. The fourth-order valence-corrected chi connectivity index (χ4v) is 1.92. The van der Waals surface area contributed by atoms with Gasteiger partial charge in [-0.15, -0.1) is 0 Å². The zero-order valence-corrected chi connectivity index (χ0v) is 12.1. The number of hydrogen-bond acceptors (Lipinski definition) is 3. The number of anilines is 1. The van der Waals surface area contributed by atoms with Crippen LogP contribution in [0, 0.1) is 20.8 Å². The molecule has 3 amide bonds. The second-order valence-electron chi connectivity index (χ2n) is 4.73. The topological polar surface area (TPSA) is 83.4 Å². The van der Waals surface area contributed by atoms with Gasteiger partial charge in [-0.3, -0.25) is 10.2 Å². The van der Waals surface area contributed by atoms with Gasteiger partial charge in [-0.1, -0.05) is 12.1 Å². The van der Waals surface area contributed by atoms with Gasteiger partial charge in [0.25, 0.3) is 5.91 Å². The summed E-state index contributed by atoms with van der Waals surface area (Å²) in [7, 11) is 0. The summed E-state index contributed by atoms with van der Waals surface area (Å²) in [5.41, 5.74) is 6.69. The first-order chi connectivity index (χ1) is 9.95. The van der Waals surface area contributed by atoms with Crippen LogP contribution >= 0.6 is 0 Å². The third kappa shape index (κ3) is 3.85. The van der Waals surface area contributed by atoms with Crippen molar-refractivity contribution in [1.29, 1.82) is 0 Å². The smallest absolute Gasteiger partial charge is 0.337 e. The lowest BCUT2D eigenvalue weighted by atomic mass is 10.2. The van der Waals surface area contributed by atoms with Gasteiger partial charge >= 0.3 is 6.03 Å². The summed E-state index contributed by atoms with van der Waals surface area (Å²) >= 11 is 0. The third-order valence-corrected chi connectivity index (χ3v) is 2.85. The Morgan fingerprint density at radius 1 is 1.05 bits per heavy atom. The molecule has 0 fully saturated rings. The molecule has 3 N–H and O–H groups in total. The van der Waals surface area contributed by atoms with E-state index in [1.165, 1.54) is 0 Å². The standard InChI is InChI=1S/C15H17N3O3/c1-9-5-4-6-12(7-9)16-15(20)18-17-14(19)13-8-10(2)21-11(13)3/h4-8H,1-3H3,(H,17,19)(H2,16,18,20). The molecule has 1 aromatic heterocycles. The van der Waals surface area contributed by atoms with Crippen LogP contribution in [0.2, 0.25) is 0 Å². The van der Waals surface area contributed by atoms with Crippen LogP contribution in [0.25, 0.3) is 0 Å². The number of nitrogens with one attached hydrogen (secondary N) is 3. The molecule has 0 unspecified atom stereocenters. The van der Waals surface area contributed by atoms with E-state index in [4.69, 9.17) is 4.42 Å². The lowest BCUT2D eigenvalue weighted by molar-refractivity contribution is 0.0936. The first kappa shape index (κ1) is 14.6. The zero-order valence-electron chi connectivity index (χ0n) is 12.1. The fraction of sp³-hybridized carbons (Fsp3) is 0.200. The summed E-state index contributed by atoms with van der Waals surface area (Å²) in [6.07, 6.45) is 0. The first-order valence-corrected chi connectivity index (χ1v) is 6.47. The maximum atomic E-state index is 11.9. The van der Waals surface area contributed by atoms with E-state index in [0.29, 0.717) is 22.8 Å². The van der Waals surface area contributed by atoms with Crippen molar-refractivity contribution in [3.05, 3.63) is 53.0 Å². The maximum Gasteiger partial charge on any atom is 0.337 e. The van der Waals surface area contributed by atoms with Crippen LogP contribution in [-0.2, 0) is 0 Å². The van der Waals surface area contributed by atoms with Crippen molar-refractivity contribution in [2.24, 2.45) is 0 Å². The Morgan fingerprint density at radius 3 is 2.43 bits per heavy atom. The predicted molar refractivity (Wildman–Crippen MR) is 79.0 cm³/mol. The summed E-state index contributed by atoms with van der Waals surface area (Å²) < 4.78 is 5.26. The number of hydrazine groups is 1. The molecule has 2 rings (SSSR count). The van der Waals surface area contributed by atoms with E-state index in [2.05, 4.69) is 16.2 Å². The van der Waals surface area contributed by atoms with Crippen LogP contribution in [0.1, 0.15) is 27.4 Å². The number of benzene rings is 1. The molecule has 21 heavy (non-hydrogen) atoms. The van der Waals surface area contributed by atoms with Crippen molar-refractivity contribution in [2.45, 2.75) is 20.8 Å². The second-order valence-corrected chi connectivity index (χ2v) is 4.73. The van der Waals surface area contributed by atoms with Gasteiger partial charge in [0.05, 0.1) is 5.56 Å². The highest BCUT2D eigenvalue weighted by Crippen LogP contribution is 2.13. The van der Waals surface area contributed by atoms with Crippen molar-refractivity contribution in [1.82, 2.24) is 10.9 Å². The molecule has 0 aliphatic carbocycles. The average Bonchev–Trinajstić information content (AvgIpc) is 2.75. The molecule has 0 saturated heterocycles. The van der Waals surface area contributed by atoms with Crippen molar-refractivity contribution >= 4 is 17.6 Å². The number of hydrogen-bond donors (Lipinski definition) is 3. The number of aryl methyl sites for hydroxylation is 3. The van der Waals surface area contributed by atoms with Gasteiger partial charge in [0, 0.05) is 5.69 Å². The first-order valence-electron chi connectivity index (χ1n) is 6.47. The highest BCUT2D eigenvalue weighted by molar-refractivity contribution is 5.97. The van der Waals surface area contributed by atoms with E-state index >= 15 is 0 Å². The average molecular weight is 287 g/mol. The molecule has 0 atom stereocenters. The van der Waals surface area contributed by atoms with Gasteiger partial charge in [0.15, 0.2) is 0 Å². The minimum Gasteiger partial charge on any atom is -0.466 e. The molecular formula is C15H17N3O3. The fourth-order valence-electron chi connectivity index (χ4n) is 1.92. The van der Waals surface area contributed by atoms with E-state index in [1.54, 1.807) is 26.0 Å². The summed E-state index contributed by atoms with van der Waals surface area (Å²) in [5, 5.41) is 2.62. The van der Waals surface area contributed by atoms with E-state index in [0.717, 1.165) is 5.56 Å². The predicted octanol–water partition coefficient (Wildman–Crippen LogP) is 2.67. The summed E-state index contributed by atoms with van der Waals surface area (Å²) in [6, 6.07) is 8.44. The normalized spacial score (nSPS) is 10.0. The second kappa shape index (κ2) is 6.13. The van der Waals surface area contributed by atoms with Crippen LogP contribution in [-0.4, -0.2) is 11.9 Å². The van der Waals surface area contributed by atoms with Gasteiger partial charge in [-0.25, -0.2) is 10.2 Å². The van der Waals surface area contributed by atoms with E-state index in [9.17, 15) is 9.59 Å². The zero-order chi connectivity index (χ0) is 15.4. The molecule has 6 nitrogen and oxygen atoms in total. The Hall–Kier alpha value is -2.76. The Balaban J connectivity index is 1.89. The number of rotatable bonds is 2. The van der Waals surface area contributed by atoms with Crippen molar-refractivity contribution in [3.8, 4) is 0 Å². The lowest BCUT2D eigenvalue weighted by Crippen LogP contribution is -2.44. The van der Waals surface area contributed by atoms with Crippen molar-refractivity contribution in [3.63, 3.8) is 0 Å². The van der Waals surface area contributed by atoms with Crippen LogP contribution in [0.4, 0.5) is 10.5 Å². The maximum absolute atomic E-state index is 11.9. The number of carbonyl (C=O) groups excluding carboxylic acids is 2. The largest absolute Gasteiger partial charge is 0.466 e. The molecule has 1 aromatic carbocycles. The molecule has 0 bridgehead atoms. The van der Waals surface area contributed by atoms with Gasteiger partial charge in [-0.2, -0.15) is 0 Å². The van der Waals surface area contributed by atoms with E-state index in [1.807, 2.05) is 25.1 Å². The molecule has 0 spiro atoms. The highest BCUT2D eigenvalue weighted by atomic mass is 16.3. The lowest BCUT2D eigenvalue weighted by Gasteiger charge is -2.09. The van der Waals surface area contributed by atoms with Crippen molar-refractivity contribution in [2.75, 3.05) is 5.32 Å². The molecule has 0 saturated carbocycles. The van der Waals surface area contributed by atoms with Crippen LogP contribution in [0.5, 0.6) is 0 Å². The number of urea groups is 1. The number of furan rings is 1. The van der Waals surface area contributed by atoms with E-state index < -0.39 is 11.9 Å². The highest BCUT2D eigenvalue weighted by Gasteiger charge is 2.13. The van der Waals surface area contributed by atoms with Crippen LogP contribution < -0.4 is 16.2 Å². The van der Waals surface area contributed by atoms with Crippen LogP contribution in [0.3, 0.4) is 0 Å². The number of amides is 3. The SMILES string of the molecule is Cc1cccc(NC(=O)NNC(=O)c2cc(C)oc2C)c1. The monoisotopic (exact) mass is 287 g/mol. The Morgan fingerprint density at radius 2 is 1.81 bits per heavy atom. The van der Waals surface area contributed by atoms with Gasteiger partial charge in [0.1, 0.15) is 11.5 Å². The van der Waals surface area contributed by atoms with Gasteiger partial charge < -0.3 is 9.73 Å². The minimum atomic E-state index is -0.521. The molecule has 0 aliphatic heterocycles. The molecule has 0 aliphatic rings. The van der Waals surface area contributed by atoms with Crippen LogP contribution in [0.15, 0.2) is 34.7 Å². The Labute approximate surface area is 122 Å². The van der Waals surface area contributed by atoms with E-state index in [-0.39, 0.29) is 0 Å². The summed E-state index contributed by atoms with van der Waals surface area (Å²) in [5.74, 6) is 0.719. The summed E-state index contributed by atoms with van der Waals surface area (Å²) in [6.45, 7) is 5.37. The molecule has 2 aromatic rings. The molecule has 0 radical (unpaired) electrons. The Kier molecular flexibility index (Phi) is 4.27. The molecule has 110 valence electrons.